The van der Waals surface area contributed by atoms with Gasteiger partial charge in [0.1, 0.15) is 9.84 Å². The highest BCUT2D eigenvalue weighted by molar-refractivity contribution is 7.91. The molecule has 0 unspecified atom stereocenters. The van der Waals surface area contributed by atoms with E-state index in [1.165, 1.54) is 6.92 Å². The van der Waals surface area contributed by atoms with E-state index in [0.29, 0.717) is 6.20 Å². The number of halogens is 3. The number of aromatic carboxylic acids is 1. The minimum absolute atomic E-state index is 0.00951. The van der Waals surface area contributed by atoms with Crippen molar-refractivity contribution in [3.05, 3.63) is 23.5 Å². The second kappa shape index (κ2) is 5.86. The molecular formula is C11H14F3NO4S. The molecule has 114 valence electrons. The van der Waals surface area contributed by atoms with Crippen LogP contribution in [0.15, 0.2) is 12.4 Å². The molecule has 1 heterocycles. The molecule has 0 amide bonds. The lowest BCUT2D eigenvalue weighted by molar-refractivity contribution is -0.138. The zero-order valence-corrected chi connectivity index (χ0v) is 11.5. The Balaban J connectivity index is 2.86. The van der Waals surface area contributed by atoms with Crippen LogP contribution in [0.5, 0.6) is 0 Å². The molecule has 0 bridgehead atoms. The summed E-state index contributed by atoms with van der Waals surface area (Å²) in [5.41, 5.74) is -2.07. The number of alkyl halides is 3. The van der Waals surface area contributed by atoms with Crippen LogP contribution < -0.4 is 0 Å². The van der Waals surface area contributed by atoms with Gasteiger partial charge in [0.2, 0.25) is 0 Å². The Morgan fingerprint density at radius 1 is 1.35 bits per heavy atom. The molecule has 20 heavy (non-hydrogen) atoms. The third kappa shape index (κ3) is 4.26. The number of hydrogen-bond donors (Lipinski definition) is 1. The van der Waals surface area contributed by atoms with E-state index in [2.05, 4.69) is 0 Å². The van der Waals surface area contributed by atoms with Crippen LogP contribution in [0.4, 0.5) is 13.2 Å². The number of carbonyl (C=O) groups is 1. The molecule has 0 radical (unpaired) electrons. The lowest BCUT2D eigenvalue weighted by Gasteiger charge is -2.05. The van der Waals surface area contributed by atoms with Gasteiger partial charge in [0.15, 0.2) is 0 Å². The summed E-state index contributed by atoms with van der Waals surface area (Å²) >= 11 is 0. The number of sulfone groups is 1. The van der Waals surface area contributed by atoms with Crippen molar-refractivity contribution in [2.45, 2.75) is 26.1 Å². The SMILES string of the molecule is CCS(=O)(=O)CCCn1cc(C(=O)O)c(C(F)(F)F)c1. The molecule has 0 aromatic carbocycles. The van der Waals surface area contributed by atoms with E-state index in [0.717, 1.165) is 10.8 Å². The maximum atomic E-state index is 12.6. The summed E-state index contributed by atoms with van der Waals surface area (Å²) in [4.78, 5) is 10.8. The Hall–Kier alpha value is -1.51. The summed E-state index contributed by atoms with van der Waals surface area (Å²) < 4.78 is 61.4. The molecule has 0 fully saturated rings. The first-order valence-corrected chi connectivity index (χ1v) is 7.59. The smallest absolute Gasteiger partial charge is 0.418 e. The van der Waals surface area contributed by atoms with Crippen LogP contribution in [0.1, 0.15) is 29.3 Å². The molecule has 1 aromatic rings. The van der Waals surface area contributed by atoms with Gasteiger partial charge in [0.05, 0.1) is 16.9 Å². The van der Waals surface area contributed by atoms with Crippen LogP contribution >= 0.6 is 0 Å². The predicted octanol–water partition coefficient (Wildman–Crippen LogP) is 2.03. The first kappa shape index (κ1) is 16.5. The van der Waals surface area contributed by atoms with Gasteiger partial charge in [-0.05, 0) is 6.42 Å². The molecule has 0 aliphatic heterocycles. The third-order valence-electron chi connectivity index (χ3n) is 2.73. The lowest BCUT2D eigenvalue weighted by atomic mass is 10.2. The number of aryl methyl sites for hydroxylation is 1. The molecule has 9 heteroatoms. The van der Waals surface area contributed by atoms with E-state index in [9.17, 15) is 26.4 Å². The maximum absolute atomic E-state index is 12.6. The topological polar surface area (TPSA) is 76.4 Å². The number of carboxylic acid groups (broad SMARTS) is 1. The monoisotopic (exact) mass is 313 g/mol. The number of nitrogens with zero attached hydrogens (tertiary/aromatic N) is 1. The van der Waals surface area contributed by atoms with E-state index in [1.807, 2.05) is 0 Å². The van der Waals surface area contributed by atoms with E-state index in [4.69, 9.17) is 5.11 Å². The fourth-order valence-corrected chi connectivity index (χ4v) is 2.50. The third-order valence-corrected chi connectivity index (χ3v) is 4.52. The zero-order valence-electron chi connectivity index (χ0n) is 10.6. The van der Waals surface area contributed by atoms with Crippen molar-refractivity contribution in [1.82, 2.24) is 4.57 Å². The van der Waals surface area contributed by atoms with Crippen LogP contribution in [-0.2, 0) is 22.6 Å². The van der Waals surface area contributed by atoms with Crippen LogP contribution in [0.25, 0.3) is 0 Å². The maximum Gasteiger partial charge on any atom is 0.418 e. The summed E-state index contributed by atoms with van der Waals surface area (Å²) in [6.07, 6.45) is -3.08. The molecule has 0 spiro atoms. The summed E-state index contributed by atoms with van der Waals surface area (Å²) in [6, 6.07) is 0. The fourth-order valence-electron chi connectivity index (χ4n) is 1.64. The molecule has 0 aliphatic carbocycles. The summed E-state index contributed by atoms with van der Waals surface area (Å²) in [5.74, 6) is -1.85. The van der Waals surface area contributed by atoms with Crippen molar-refractivity contribution >= 4 is 15.8 Å². The molecule has 0 aliphatic rings. The highest BCUT2D eigenvalue weighted by atomic mass is 32.2. The Morgan fingerprint density at radius 3 is 2.35 bits per heavy atom. The Bertz CT molecular complexity index is 589. The fraction of sp³-hybridized carbons (Fsp3) is 0.545. The molecule has 1 N–H and O–H groups in total. The zero-order chi connectivity index (χ0) is 15.6. The predicted molar refractivity (Wildman–Crippen MR) is 65.3 cm³/mol. The van der Waals surface area contributed by atoms with Crippen LogP contribution in [0.3, 0.4) is 0 Å². The summed E-state index contributed by atoms with van der Waals surface area (Å²) in [6.45, 7) is 1.49. The van der Waals surface area contributed by atoms with Crippen molar-refractivity contribution in [3.8, 4) is 0 Å². The highest BCUT2D eigenvalue weighted by Crippen LogP contribution is 2.32. The van der Waals surface area contributed by atoms with E-state index in [1.54, 1.807) is 0 Å². The van der Waals surface area contributed by atoms with Gasteiger partial charge in [0, 0.05) is 24.7 Å². The average Bonchev–Trinajstić information content (AvgIpc) is 2.73. The van der Waals surface area contributed by atoms with Gasteiger partial charge in [-0.2, -0.15) is 13.2 Å². The van der Waals surface area contributed by atoms with Gasteiger partial charge in [-0.3, -0.25) is 0 Å². The van der Waals surface area contributed by atoms with Crippen LogP contribution in [0.2, 0.25) is 0 Å². The van der Waals surface area contributed by atoms with Crippen molar-refractivity contribution in [3.63, 3.8) is 0 Å². The van der Waals surface area contributed by atoms with Gasteiger partial charge in [-0.1, -0.05) is 6.92 Å². The molecular weight excluding hydrogens is 299 g/mol. The molecule has 1 rings (SSSR count). The summed E-state index contributed by atoms with van der Waals surface area (Å²) in [5, 5.41) is 8.73. The minimum Gasteiger partial charge on any atom is -0.478 e. The molecule has 0 saturated carbocycles. The normalized spacial score (nSPS) is 12.6. The van der Waals surface area contributed by atoms with Crippen molar-refractivity contribution in [2.75, 3.05) is 11.5 Å². The molecule has 1 aromatic heterocycles. The second-order valence-corrected chi connectivity index (χ2v) is 6.69. The van der Waals surface area contributed by atoms with Gasteiger partial charge >= 0.3 is 12.1 Å². The van der Waals surface area contributed by atoms with Crippen LogP contribution in [-0.4, -0.2) is 35.6 Å². The molecule has 0 saturated heterocycles. The van der Waals surface area contributed by atoms with E-state index >= 15 is 0 Å². The van der Waals surface area contributed by atoms with Crippen molar-refractivity contribution in [2.24, 2.45) is 0 Å². The van der Waals surface area contributed by atoms with Gasteiger partial charge < -0.3 is 9.67 Å². The molecule has 5 nitrogen and oxygen atoms in total. The van der Waals surface area contributed by atoms with Crippen LogP contribution in [0, 0.1) is 0 Å². The van der Waals surface area contributed by atoms with Gasteiger partial charge in [-0.25, -0.2) is 13.2 Å². The first-order valence-electron chi connectivity index (χ1n) is 5.77. The van der Waals surface area contributed by atoms with Gasteiger partial charge in [-0.15, -0.1) is 0 Å². The van der Waals surface area contributed by atoms with Crippen molar-refractivity contribution in [1.29, 1.82) is 0 Å². The van der Waals surface area contributed by atoms with E-state index < -0.39 is 33.1 Å². The number of carboxylic acids is 1. The number of hydrogen-bond acceptors (Lipinski definition) is 3. The minimum atomic E-state index is -4.76. The summed E-state index contributed by atoms with van der Waals surface area (Å²) in [7, 11) is -3.19. The largest absolute Gasteiger partial charge is 0.478 e. The number of rotatable bonds is 6. The first-order chi connectivity index (χ1) is 9.07. The second-order valence-electron chi connectivity index (χ2n) is 4.22. The number of aromatic nitrogens is 1. The van der Waals surface area contributed by atoms with E-state index in [-0.39, 0.29) is 24.5 Å². The average molecular weight is 313 g/mol. The van der Waals surface area contributed by atoms with Gasteiger partial charge in [0.25, 0.3) is 0 Å². The highest BCUT2D eigenvalue weighted by Gasteiger charge is 2.36. The Morgan fingerprint density at radius 2 is 1.95 bits per heavy atom. The lowest BCUT2D eigenvalue weighted by Crippen LogP contribution is -2.11. The Kier molecular flexibility index (Phi) is 4.85. The standard InChI is InChI=1S/C11H14F3NO4S/c1-2-20(18,19)5-3-4-15-6-8(10(16)17)9(7-15)11(12,13)14/h6-7H,2-5H2,1H3,(H,16,17). The Labute approximate surface area is 113 Å². The molecule has 0 atom stereocenters. The quantitative estimate of drug-likeness (QED) is 0.872. The van der Waals surface area contributed by atoms with Crippen molar-refractivity contribution < 1.29 is 31.5 Å².